The lowest BCUT2D eigenvalue weighted by molar-refractivity contribution is 0.398. The van der Waals surface area contributed by atoms with Gasteiger partial charge in [0.1, 0.15) is 0 Å². The van der Waals surface area contributed by atoms with Gasteiger partial charge in [-0.2, -0.15) is 5.10 Å². The molecule has 104 valence electrons. The Bertz CT molecular complexity index is 704. The molecule has 0 bridgehead atoms. The second-order valence-corrected chi connectivity index (χ2v) is 4.16. The lowest BCUT2D eigenvalue weighted by Crippen LogP contribution is -1.90. The first-order valence-corrected chi connectivity index (χ1v) is 6.72. The van der Waals surface area contributed by atoms with Gasteiger partial charge < -0.3 is 4.74 Å². The summed E-state index contributed by atoms with van der Waals surface area (Å²) in [5.41, 5.74) is 4.46. The molecule has 0 radical (unpaired) electrons. The molecule has 0 atom stereocenters. The van der Waals surface area contributed by atoms with Crippen molar-refractivity contribution in [3.63, 3.8) is 0 Å². The highest BCUT2D eigenvalue weighted by atomic mass is 16.5. The van der Waals surface area contributed by atoms with Crippen LogP contribution in [-0.4, -0.2) is 21.7 Å². The average Bonchev–Trinajstić information content (AvgIpc) is 2.90. The molecular formula is C16H19N3O. The summed E-state index contributed by atoms with van der Waals surface area (Å²) >= 11 is 0. The van der Waals surface area contributed by atoms with E-state index in [-0.39, 0.29) is 0 Å². The summed E-state index contributed by atoms with van der Waals surface area (Å²) < 4.78 is 7.02. The van der Waals surface area contributed by atoms with Gasteiger partial charge in [0.2, 0.25) is 5.88 Å². The number of hydrogen-bond donors (Lipinski definition) is 0. The maximum Gasteiger partial charge on any atom is 0.213 e. The van der Waals surface area contributed by atoms with Gasteiger partial charge in [-0.3, -0.25) is 0 Å². The van der Waals surface area contributed by atoms with Gasteiger partial charge in [-0.05, 0) is 30.2 Å². The minimum Gasteiger partial charge on any atom is -0.481 e. The number of pyridine rings is 2. The van der Waals surface area contributed by atoms with Gasteiger partial charge >= 0.3 is 0 Å². The molecule has 0 saturated carbocycles. The Labute approximate surface area is 119 Å². The van der Waals surface area contributed by atoms with E-state index < -0.39 is 0 Å². The second-order valence-electron chi connectivity index (χ2n) is 4.16. The molecule has 0 aliphatic heterocycles. The van der Waals surface area contributed by atoms with Gasteiger partial charge in [-0.25, -0.2) is 9.50 Å². The number of rotatable bonds is 2. The van der Waals surface area contributed by atoms with Crippen LogP contribution in [0.5, 0.6) is 5.88 Å². The van der Waals surface area contributed by atoms with Gasteiger partial charge in [0, 0.05) is 24.0 Å². The Morgan fingerprint density at radius 2 is 1.90 bits per heavy atom. The van der Waals surface area contributed by atoms with Crippen LogP contribution in [0.4, 0.5) is 0 Å². The summed E-state index contributed by atoms with van der Waals surface area (Å²) in [6, 6.07) is 8.03. The van der Waals surface area contributed by atoms with Crippen LogP contribution >= 0.6 is 0 Å². The molecular weight excluding hydrogens is 250 g/mol. The third-order valence-electron chi connectivity index (χ3n) is 2.99. The number of methoxy groups -OCH3 is 1. The van der Waals surface area contributed by atoms with E-state index in [0.717, 1.165) is 16.6 Å². The van der Waals surface area contributed by atoms with Crippen LogP contribution in [-0.2, 0) is 0 Å². The summed E-state index contributed by atoms with van der Waals surface area (Å²) in [6.07, 6.45) is 5.62. The molecule has 0 fully saturated rings. The Morgan fingerprint density at radius 1 is 1.10 bits per heavy atom. The molecule has 3 heterocycles. The fourth-order valence-corrected chi connectivity index (χ4v) is 1.98. The van der Waals surface area contributed by atoms with Crippen molar-refractivity contribution >= 4 is 5.52 Å². The van der Waals surface area contributed by atoms with Crippen LogP contribution in [0.25, 0.3) is 16.6 Å². The molecule has 0 saturated heterocycles. The molecule has 0 spiro atoms. The smallest absolute Gasteiger partial charge is 0.213 e. The number of aryl methyl sites for hydroxylation is 1. The fourth-order valence-electron chi connectivity index (χ4n) is 1.98. The monoisotopic (exact) mass is 269 g/mol. The van der Waals surface area contributed by atoms with Crippen LogP contribution in [0.15, 0.2) is 42.9 Å². The first kappa shape index (κ1) is 14.1. The van der Waals surface area contributed by atoms with Crippen molar-refractivity contribution in [2.75, 3.05) is 7.11 Å². The largest absolute Gasteiger partial charge is 0.481 e. The molecule has 20 heavy (non-hydrogen) atoms. The fraction of sp³-hybridized carbons (Fsp3) is 0.250. The van der Waals surface area contributed by atoms with Crippen molar-refractivity contribution in [3.05, 3.63) is 48.4 Å². The van der Waals surface area contributed by atoms with Crippen LogP contribution in [0.2, 0.25) is 0 Å². The van der Waals surface area contributed by atoms with E-state index in [0.29, 0.717) is 5.88 Å². The van der Waals surface area contributed by atoms with Crippen molar-refractivity contribution in [1.29, 1.82) is 0 Å². The zero-order valence-electron chi connectivity index (χ0n) is 12.3. The van der Waals surface area contributed by atoms with Gasteiger partial charge in [0.15, 0.2) is 0 Å². The normalized spacial score (nSPS) is 10.0. The molecule has 4 heteroatoms. The Morgan fingerprint density at radius 3 is 2.65 bits per heavy atom. The van der Waals surface area contributed by atoms with E-state index in [1.807, 2.05) is 42.9 Å². The molecule has 0 aliphatic rings. The highest BCUT2D eigenvalue weighted by molar-refractivity contribution is 5.67. The highest BCUT2D eigenvalue weighted by Crippen LogP contribution is 2.23. The maximum atomic E-state index is 5.13. The van der Waals surface area contributed by atoms with Gasteiger partial charge in [0.25, 0.3) is 0 Å². The Balaban J connectivity index is 0.000000704. The van der Waals surface area contributed by atoms with Crippen LogP contribution in [0.1, 0.15) is 19.4 Å². The van der Waals surface area contributed by atoms with E-state index >= 15 is 0 Å². The third-order valence-corrected chi connectivity index (χ3v) is 2.99. The quantitative estimate of drug-likeness (QED) is 0.711. The van der Waals surface area contributed by atoms with Crippen LogP contribution in [0.3, 0.4) is 0 Å². The molecule has 0 amide bonds. The van der Waals surface area contributed by atoms with Crippen molar-refractivity contribution in [3.8, 4) is 17.0 Å². The van der Waals surface area contributed by atoms with Gasteiger partial charge in [0.05, 0.1) is 18.8 Å². The summed E-state index contributed by atoms with van der Waals surface area (Å²) in [4.78, 5) is 4.11. The third kappa shape index (κ3) is 2.64. The number of fused-ring (bicyclic) bond motifs is 1. The lowest BCUT2D eigenvalue weighted by Gasteiger charge is -2.04. The number of aromatic nitrogens is 3. The Kier molecular flexibility index (Phi) is 4.35. The summed E-state index contributed by atoms with van der Waals surface area (Å²) in [6.45, 7) is 6.05. The average molecular weight is 269 g/mol. The Hall–Kier alpha value is -2.36. The molecule has 3 rings (SSSR count). The van der Waals surface area contributed by atoms with Crippen LogP contribution < -0.4 is 4.74 Å². The number of nitrogens with zero attached hydrogens (tertiary/aromatic N) is 3. The maximum absolute atomic E-state index is 5.13. The van der Waals surface area contributed by atoms with E-state index in [4.69, 9.17) is 4.74 Å². The van der Waals surface area contributed by atoms with Crippen molar-refractivity contribution in [2.24, 2.45) is 0 Å². The number of ether oxygens (including phenoxy) is 1. The number of hydrogen-bond acceptors (Lipinski definition) is 3. The first-order chi connectivity index (χ1) is 9.78. The topological polar surface area (TPSA) is 39.4 Å². The summed E-state index contributed by atoms with van der Waals surface area (Å²) in [5.74, 6) is 0.615. The van der Waals surface area contributed by atoms with Gasteiger partial charge in [-0.1, -0.05) is 19.9 Å². The highest BCUT2D eigenvalue weighted by Gasteiger charge is 2.04. The standard InChI is InChI=1S/C14H13N3O.C2H6/c1-10-8-16-17-9-12(3-4-13(10)17)11-5-6-15-14(7-11)18-2;1-2/h3-9H,1-2H3;1-2H3. The predicted octanol–water partition coefficient (Wildman–Crippen LogP) is 3.74. The van der Waals surface area contributed by atoms with Crippen molar-refractivity contribution in [2.45, 2.75) is 20.8 Å². The van der Waals surface area contributed by atoms with E-state index in [1.165, 1.54) is 5.56 Å². The zero-order chi connectivity index (χ0) is 14.5. The second kappa shape index (κ2) is 6.19. The zero-order valence-corrected chi connectivity index (χ0v) is 12.3. The van der Waals surface area contributed by atoms with Crippen molar-refractivity contribution in [1.82, 2.24) is 14.6 Å². The molecule has 0 unspecified atom stereocenters. The van der Waals surface area contributed by atoms with E-state index in [1.54, 1.807) is 13.3 Å². The molecule has 0 aromatic carbocycles. The van der Waals surface area contributed by atoms with Crippen molar-refractivity contribution < 1.29 is 4.74 Å². The minimum absolute atomic E-state index is 0.615. The lowest BCUT2D eigenvalue weighted by atomic mass is 10.1. The minimum atomic E-state index is 0.615. The SMILES string of the molecule is CC.COc1cc(-c2ccc3c(C)cnn3c2)ccn1. The predicted molar refractivity (Wildman–Crippen MR) is 81.1 cm³/mol. The summed E-state index contributed by atoms with van der Waals surface area (Å²) in [7, 11) is 1.62. The molecule has 0 aliphatic carbocycles. The molecule has 4 nitrogen and oxygen atoms in total. The first-order valence-electron chi connectivity index (χ1n) is 6.72. The molecule has 0 N–H and O–H groups in total. The van der Waals surface area contributed by atoms with Crippen LogP contribution in [0, 0.1) is 6.92 Å². The molecule has 3 aromatic heterocycles. The van der Waals surface area contributed by atoms with E-state index in [9.17, 15) is 0 Å². The summed E-state index contributed by atoms with van der Waals surface area (Å²) in [5, 5.41) is 4.32. The molecule has 3 aromatic rings. The van der Waals surface area contributed by atoms with Gasteiger partial charge in [-0.15, -0.1) is 0 Å². The van der Waals surface area contributed by atoms with E-state index in [2.05, 4.69) is 29.1 Å².